The van der Waals surface area contributed by atoms with Gasteiger partial charge in [0, 0.05) is 43.4 Å². The zero-order chi connectivity index (χ0) is 16.9. The van der Waals surface area contributed by atoms with Crippen LogP contribution in [0.5, 0.6) is 0 Å². The summed E-state index contributed by atoms with van der Waals surface area (Å²) in [6.07, 6.45) is 1.89. The van der Waals surface area contributed by atoms with E-state index in [1.54, 1.807) is 0 Å². The highest BCUT2D eigenvalue weighted by atomic mass is 35.5. The van der Waals surface area contributed by atoms with Gasteiger partial charge in [-0.2, -0.15) is 0 Å². The maximum Gasteiger partial charge on any atom is 0.288 e. The van der Waals surface area contributed by atoms with E-state index in [1.165, 1.54) is 10.6 Å². The van der Waals surface area contributed by atoms with Crippen LogP contribution in [-0.2, 0) is 4.79 Å². The predicted octanol–water partition coefficient (Wildman–Crippen LogP) is 2.94. The Morgan fingerprint density at radius 1 is 1.04 bits per heavy atom. The maximum absolute atomic E-state index is 11.5. The maximum atomic E-state index is 11.5. The van der Waals surface area contributed by atoms with E-state index in [4.69, 9.17) is 11.6 Å². The number of nitrogens with zero attached hydrogens (tertiary/aromatic N) is 3. The number of amides is 2. The minimum absolute atomic E-state index is 0.0415. The Hall–Kier alpha value is -1.24. The summed E-state index contributed by atoms with van der Waals surface area (Å²) in [6.45, 7) is 5.65. The molecule has 0 bridgehead atoms. The van der Waals surface area contributed by atoms with Gasteiger partial charge in [-0.3, -0.25) is 19.4 Å². The van der Waals surface area contributed by atoms with Crippen molar-refractivity contribution in [1.82, 2.24) is 9.80 Å². The molecule has 2 fully saturated rings. The number of hydrogen-bond donors (Lipinski definition) is 0. The van der Waals surface area contributed by atoms with E-state index >= 15 is 0 Å². The van der Waals surface area contributed by atoms with Crippen LogP contribution in [0.3, 0.4) is 0 Å². The Balaban J connectivity index is 1.35. The van der Waals surface area contributed by atoms with E-state index in [9.17, 15) is 9.59 Å². The summed E-state index contributed by atoms with van der Waals surface area (Å²) < 4.78 is 0. The standard InChI is InChI=1S/C17H22ClN3O2S/c18-14-4-3-5-15(12-14)20-10-8-19(9-11-20)6-1-2-7-21-16(22)13-24-17(21)23/h3-5,12H,1-2,6-11,13H2. The molecule has 2 amide bonds. The first-order valence-corrected chi connectivity index (χ1v) is 9.70. The van der Waals surface area contributed by atoms with Gasteiger partial charge in [0.15, 0.2) is 0 Å². The Bertz CT molecular complexity index is 589. The molecule has 24 heavy (non-hydrogen) atoms. The average Bonchev–Trinajstić information content (AvgIpc) is 2.91. The molecule has 2 aliphatic rings. The zero-order valence-electron chi connectivity index (χ0n) is 13.6. The average molecular weight is 368 g/mol. The van der Waals surface area contributed by atoms with Crippen LogP contribution in [0.15, 0.2) is 24.3 Å². The van der Waals surface area contributed by atoms with Crippen LogP contribution in [-0.4, -0.2) is 66.0 Å². The second kappa shape index (κ2) is 8.23. The molecule has 0 atom stereocenters. The van der Waals surface area contributed by atoms with Gasteiger partial charge in [-0.1, -0.05) is 29.4 Å². The Kier molecular flexibility index (Phi) is 6.03. The molecule has 1 aromatic carbocycles. The van der Waals surface area contributed by atoms with Crippen LogP contribution in [0.1, 0.15) is 12.8 Å². The molecule has 3 rings (SSSR count). The minimum Gasteiger partial charge on any atom is -0.369 e. The van der Waals surface area contributed by atoms with Gasteiger partial charge in [0.2, 0.25) is 5.91 Å². The molecule has 0 spiro atoms. The van der Waals surface area contributed by atoms with Gasteiger partial charge >= 0.3 is 0 Å². The zero-order valence-corrected chi connectivity index (χ0v) is 15.2. The summed E-state index contributed by atoms with van der Waals surface area (Å²) in [4.78, 5) is 29.3. The van der Waals surface area contributed by atoms with Crippen LogP contribution in [0, 0.1) is 0 Å². The summed E-state index contributed by atoms with van der Waals surface area (Å²) >= 11 is 7.17. The number of rotatable bonds is 6. The molecule has 0 aliphatic carbocycles. The quantitative estimate of drug-likeness (QED) is 0.723. The van der Waals surface area contributed by atoms with E-state index in [0.717, 1.165) is 62.3 Å². The van der Waals surface area contributed by atoms with Gasteiger partial charge < -0.3 is 4.90 Å². The number of hydrogen-bond acceptors (Lipinski definition) is 5. The molecule has 2 aliphatic heterocycles. The van der Waals surface area contributed by atoms with Gasteiger partial charge in [0.05, 0.1) is 5.75 Å². The lowest BCUT2D eigenvalue weighted by Crippen LogP contribution is -2.46. The van der Waals surface area contributed by atoms with E-state index in [0.29, 0.717) is 12.3 Å². The van der Waals surface area contributed by atoms with Crippen LogP contribution in [0.25, 0.3) is 0 Å². The van der Waals surface area contributed by atoms with Gasteiger partial charge in [-0.05, 0) is 37.6 Å². The lowest BCUT2D eigenvalue weighted by Gasteiger charge is -2.36. The van der Waals surface area contributed by atoms with Crippen molar-refractivity contribution in [3.8, 4) is 0 Å². The normalized spacial score (nSPS) is 19.4. The first kappa shape index (κ1) is 17.6. The smallest absolute Gasteiger partial charge is 0.288 e. The molecule has 130 valence electrons. The Morgan fingerprint density at radius 3 is 2.46 bits per heavy atom. The van der Waals surface area contributed by atoms with Crippen molar-refractivity contribution in [3.05, 3.63) is 29.3 Å². The van der Waals surface area contributed by atoms with Crippen LogP contribution in [0.2, 0.25) is 5.02 Å². The first-order chi connectivity index (χ1) is 11.6. The predicted molar refractivity (Wildman–Crippen MR) is 98.9 cm³/mol. The van der Waals surface area contributed by atoms with Crippen molar-refractivity contribution in [1.29, 1.82) is 0 Å². The van der Waals surface area contributed by atoms with Crippen LogP contribution in [0.4, 0.5) is 10.5 Å². The largest absolute Gasteiger partial charge is 0.369 e. The summed E-state index contributed by atoms with van der Waals surface area (Å²) in [5.41, 5.74) is 1.19. The highest BCUT2D eigenvalue weighted by molar-refractivity contribution is 8.14. The fourth-order valence-corrected chi connectivity index (χ4v) is 4.04. The topological polar surface area (TPSA) is 43.9 Å². The second-order valence-electron chi connectivity index (χ2n) is 6.12. The molecule has 0 N–H and O–H groups in total. The van der Waals surface area contributed by atoms with Gasteiger partial charge in [0.1, 0.15) is 0 Å². The summed E-state index contributed by atoms with van der Waals surface area (Å²) in [6, 6.07) is 8.00. The van der Waals surface area contributed by atoms with Crippen molar-refractivity contribution >= 4 is 40.2 Å². The molecule has 0 radical (unpaired) electrons. The number of halogens is 1. The first-order valence-electron chi connectivity index (χ1n) is 8.33. The van der Waals surface area contributed by atoms with Crippen molar-refractivity contribution in [2.24, 2.45) is 0 Å². The molecule has 2 heterocycles. The molecule has 1 aromatic rings. The van der Waals surface area contributed by atoms with E-state index in [2.05, 4.69) is 15.9 Å². The molecule has 0 aromatic heterocycles. The molecule has 5 nitrogen and oxygen atoms in total. The Labute approximate surface area is 151 Å². The summed E-state index contributed by atoms with van der Waals surface area (Å²) in [5, 5.41) is 0.689. The molecule has 0 unspecified atom stereocenters. The third-order valence-corrected chi connectivity index (χ3v) is 5.59. The monoisotopic (exact) mass is 367 g/mol. The molecule has 0 saturated carbocycles. The number of carbonyl (C=O) groups excluding carboxylic acids is 2. The Morgan fingerprint density at radius 2 is 1.79 bits per heavy atom. The lowest BCUT2D eigenvalue weighted by atomic mass is 10.2. The number of benzene rings is 1. The summed E-state index contributed by atoms with van der Waals surface area (Å²) in [7, 11) is 0. The highest BCUT2D eigenvalue weighted by Gasteiger charge is 2.29. The highest BCUT2D eigenvalue weighted by Crippen LogP contribution is 2.21. The lowest BCUT2D eigenvalue weighted by molar-refractivity contribution is -0.124. The third kappa shape index (κ3) is 4.43. The van der Waals surface area contributed by atoms with Gasteiger partial charge in [-0.25, -0.2) is 0 Å². The van der Waals surface area contributed by atoms with Crippen molar-refractivity contribution in [2.45, 2.75) is 12.8 Å². The van der Waals surface area contributed by atoms with Crippen molar-refractivity contribution in [3.63, 3.8) is 0 Å². The van der Waals surface area contributed by atoms with E-state index < -0.39 is 0 Å². The fraction of sp³-hybridized carbons (Fsp3) is 0.529. The van der Waals surface area contributed by atoms with E-state index in [-0.39, 0.29) is 11.1 Å². The molecular formula is C17H22ClN3O2S. The van der Waals surface area contributed by atoms with Crippen LogP contribution >= 0.6 is 23.4 Å². The molecule has 7 heteroatoms. The third-order valence-electron chi connectivity index (χ3n) is 4.49. The summed E-state index contributed by atoms with van der Waals surface area (Å²) in [5.74, 6) is 0.268. The number of imide groups is 1. The van der Waals surface area contributed by atoms with Crippen LogP contribution < -0.4 is 4.90 Å². The number of piperazine rings is 1. The molecule has 2 saturated heterocycles. The van der Waals surface area contributed by atoms with Gasteiger partial charge in [-0.15, -0.1) is 0 Å². The molecular weight excluding hydrogens is 346 g/mol. The number of unbranched alkanes of at least 4 members (excludes halogenated alkanes) is 1. The SMILES string of the molecule is O=C1CSC(=O)N1CCCCN1CCN(c2cccc(Cl)c2)CC1. The minimum atomic E-state index is -0.0878. The number of carbonyl (C=O) groups is 2. The number of anilines is 1. The second-order valence-corrected chi connectivity index (χ2v) is 7.48. The van der Waals surface area contributed by atoms with Crippen molar-refractivity contribution < 1.29 is 9.59 Å². The van der Waals surface area contributed by atoms with Crippen molar-refractivity contribution in [2.75, 3.05) is 49.9 Å². The number of thioether (sulfide) groups is 1. The fourth-order valence-electron chi connectivity index (χ4n) is 3.10. The van der Waals surface area contributed by atoms with E-state index in [1.807, 2.05) is 18.2 Å². The van der Waals surface area contributed by atoms with Gasteiger partial charge in [0.25, 0.3) is 5.24 Å².